The summed E-state index contributed by atoms with van der Waals surface area (Å²) < 4.78 is 24.8. The van der Waals surface area contributed by atoms with E-state index in [2.05, 4.69) is 26.1 Å². The minimum absolute atomic E-state index is 0.102. The van der Waals surface area contributed by atoms with Crippen LogP contribution in [0.4, 0.5) is 4.39 Å². The van der Waals surface area contributed by atoms with Crippen molar-refractivity contribution in [2.75, 3.05) is 21.3 Å². The van der Waals surface area contributed by atoms with Gasteiger partial charge in [-0.3, -0.25) is 0 Å². The fraction of sp³-hybridized carbons (Fsp3) is 0.600. The first-order chi connectivity index (χ1) is 8.85. The van der Waals surface area contributed by atoms with Crippen molar-refractivity contribution in [3.63, 3.8) is 0 Å². The zero-order valence-corrected chi connectivity index (χ0v) is 12.6. The third kappa shape index (κ3) is 3.67. The maximum absolute atomic E-state index is 14.2. The summed E-state index contributed by atoms with van der Waals surface area (Å²) >= 11 is 0. The van der Waals surface area contributed by atoms with Gasteiger partial charge in [0.1, 0.15) is 11.6 Å². The molecule has 1 rings (SSSR count). The third-order valence-electron chi connectivity index (χ3n) is 3.26. The molecule has 0 saturated carbocycles. The number of likely N-dealkylation sites (N-methyl/N-ethyl adjacent to an activating group) is 1. The van der Waals surface area contributed by atoms with E-state index in [-0.39, 0.29) is 23.4 Å². The van der Waals surface area contributed by atoms with Crippen LogP contribution in [-0.2, 0) is 4.74 Å². The third-order valence-corrected chi connectivity index (χ3v) is 3.26. The molecule has 0 aliphatic rings. The molecule has 0 bridgehead atoms. The summed E-state index contributed by atoms with van der Waals surface area (Å²) in [6.45, 7) is 6.23. The van der Waals surface area contributed by atoms with Gasteiger partial charge in [0.05, 0.1) is 19.3 Å². The number of benzene rings is 1. The smallest absolute Gasteiger partial charge is 0.131 e. The van der Waals surface area contributed by atoms with E-state index in [1.807, 2.05) is 7.05 Å². The second kappa shape index (κ2) is 6.35. The number of hydrogen-bond donors (Lipinski definition) is 1. The van der Waals surface area contributed by atoms with Crippen LogP contribution < -0.4 is 10.1 Å². The van der Waals surface area contributed by atoms with Gasteiger partial charge in [-0.2, -0.15) is 0 Å². The molecule has 0 fully saturated rings. The van der Waals surface area contributed by atoms with Crippen LogP contribution in [0.15, 0.2) is 18.2 Å². The molecule has 1 aromatic carbocycles. The van der Waals surface area contributed by atoms with Crippen LogP contribution in [0.2, 0.25) is 0 Å². The molecule has 108 valence electrons. The van der Waals surface area contributed by atoms with Gasteiger partial charge in [-0.1, -0.05) is 26.8 Å². The van der Waals surface area contributed by atoms with Gasteiger partial charge in [0.2, 0.25) is 0 Å². The van der Waals surface area contributed by atoms with Crippen LogP contribution in [0, 0.1) is 11.2 Å². The molecular weight excluding hydrogens is 245 g/mol. The zero-order valence-electron chi connectivity index (χ0n) is 12.6. The predicted molar refractivity (Wildman–Crippen MR) is 75.0 cm³/mol. The predicted octanol–water partition coefficient (Wildman–Crippen LogP) is 3.16. The van der Waals surface area contributed by atoms with Crippen molar-refractivity contribution in [2.45, 2.75) is 32.9 Å². The largest absolute Gasteiger partial charge is 0.497 e. The van der Waals surface area contributed by atoms with Crippen molar-refractivity contribution in [1.82, 2.24) is 5.32 Å². The average Bonchev–Trinajstić information content (AvgIpc) is 2.34. The summed E-state index contributed by atoms with van der Waals surface area (Å²) in [6.07, 6.45) is -0.139. The van der Waals surface area contributed by atoms with Crippen molar-refractivity contribution in [3.05, 3.63) is 29.6 Å². The SMILES string of the molecule is CNC(c1ccc(OC)cc1F)C(OC)C(C)(C)C. The van der Waals surface area contributed by atoms with E-state index in [4.69, 9.17) is 9.47 Å². The Morgan fingerprint density at radius 3 is 2.21 bits per heavy atom. The van der Waals surface area contributed by atoms with Gasteiger partial charge >= 0.3 is 0 Å². The van der Waals surface area contributed by atoms with Gasteiger partial charge in [-0.05, 0) is 18.5 Å². The first kappa shape index (κ1) is 15.9. The molecule has 1 N–H and O–H groups in total. The van der Waals surface area contributed by atoms with Crippen LogP contribution in [0.5, 0.6) is 5.75 Å². The number of hydrogen-bond acceptors (Lipinski definition) is 3. The number of ether oxygens (including phenoxy) is 2. The van der Waals surface area contributed by atoms with Gasteiger partial charge < -0.3 is 14.8 Å². The van der Waals surface area contributed by atoms with E-state index < -0.39 is 0 Å². The lowest BCUT2D eigenvalue weighted by Crippen LogP contribution is -2.40. The zero-order chi connectivity index (χ0) is 14.6. The Morgan fingerprint density at radius 2 is 1.84 bits per heavy atom. The lowest BCUT2D eigenvalue weighted by atomic mass is 9.82. The lowest BCUT2D eigenvalue weighted by Gasteiger charge is -2.36. The molecule has 0 saturated heterocycles. The van der Waals surface area contributed by atoms with Crippen LogP contribution in [0.25, 0.3) is 0 Å². The summed E-state index contributed by atoms with van der Waals surface area (Å²) in [4.78, 5) is 0. The van der Waals surface area contributed by atoms with Crippen LogP contribution in [-0.4, -0.2) is 27.4 Å². The number of nitrogens with one attached hydrogen (secondary N) is 1. The molecular formula is C15H24FNO2. The summed E-state index contributed by atoms with van der Waals surface area (Å²) in [5, 5.41) is 3.15. The van der Waals surface area contributed by atoms with Gasteiger partial charge in [0.25, 0.3) is 0 Å². The molecule has 19 heavy (non-hydrogen) atoms. The molecule has 0 aromatic heterocycles. The molecule has 4 heteroatoms. The minimum Gasteiger partial charge on any atom is -0.497 e. The van der Waals surface area contributed by atoms with Crippen molar-refractivity contribution in [2.24, 2.45) is 5.41 Å². The Kier molecular flexibility index (Phi) is 5.32. The molecule has 0 spiro atoms. The first-order valence-electron chi connectivity index (χ1n) is 6.38. The Balaban J connectivity index is 3.16. The monoisotopic (exact) mass is 269 g/mol. The number of rotatable bonds is 5. The van der Waals surface area contributed by atoms with E-state index in [1.54, 1.807) is 19.2 Å². The highest BCUT2D eigenvalue weighted by molar-refractivity contribution is 5.31. The van der Waals surface area contributed by atoms with E-state index in [9.17, 15) is 4.39 Å². The standard InChI is InChI=1S/C15H24FNO2/c1-15(2,3)14(19-6)13(17-4)11-8-7-10(18-5)9-12(11)16/h7-9,13-14,17H,1-6H3. The van der Waals surface area contributed by atoms with Crippen molar-refractivity contribution < 1.29 is 13.9 Å². The highest BCUT2D eigenvalue weighted by atomic mass is 19.1. The molecule has 0 heterocycles. The maximum Gasteiger partial charge on any atom is 0.131 e. The number of halogens is 1. The molecule has 0 aliphatic heterocycles. The van der Waals surface area contributed by atoms with Gasteiger partial charge in [-0.15, -0.1) is 0 Å². The Bertz CT molecular complexity index is 415. The van der Waals surface area contributed by atoms with Crippen LogP contribution >= 0.6 is 0 Å². The molecule has 1 aromatic rings. The van der Waals surface area contributed by atoms with Crippen molar-refractivity contribution in [1.29, 1.82) is 0 Å². The van der Waals surface area contributed by atoms with Crippen molar-refractivity contribution >= 4 is 0 Å². The van der Waals surface area contributed by atoms with E-state index >= 15 is 0 Å². The quantitative estimate of drug-likeness (QED) is 0.890. The second-order valence-electron chi connectivity index (χ2n) is 5.68. The summed E-state index contributed by atoms with van der Waals surface area (Å²) in [6, 6.07) is 4.69. The van der Waals surface area contributed by atoms with Gasteiger partial charge in [0.15, 0.2) is 0 Å². The molecule has 3 nitrogen and oxygen atoms in total. The normalized spacial score (nSPS) is 15.1. The van der Waals surface area contributed by atoms with E-state index in [0.29, 0.717) is 11.3 Å². The second-order valence-corrected chi connectivity index (χ2v) is 5.68. The van der Waals surface area contributed by atoms with Crippen LogP contribution in [0.1, 0.15) is 32.4 Å². The highest BCUT2D eigenvalue weighted by Gasteiger charge is 2.33. The summed E-state index contributed by atoms with van der Waals surface area (Å²) in [7, 11) is 4.99. The average molecular weight is 269 g/mol. The topological polar surface area (TPSA) is 30.5 Å². The van der Waals surface area contributed by atoms with Crippen molar-refractivity contribution in [3.8, 4) is 5.75 Å². The number of methoxy groups -OCH3 is 2. The van der Waals surface area contributed by atoms with E-state index in [0.717, 1.165) is 0 Å². The molecule has 0 aliphatic carbocycles. The molecule has 0 amide bonds. The van der Waals surface area contributed by atoms with Crippen LogP contribution in [0.3, 0.4) is 0 Å². The van der Waals surface area contributed by atoms with Gasteiger partial charge in [-0.25, -0.2) is 4.39 Å². The molecule has 0 radical (unpaired) electrons. The fourth-order valence-corrected chi connectivity index (χ4v) is 2.35. The van der Waals surface area contributed by atoms with E-state index in [1.165, 1.54) is 13.2 Å². The highest BCUT2D eigenvalue weighted by Crippen LogP contribution is 2.34. The first-order valence-corrected chi connectivity index (χ1v) is 6.38. The molecule has 2 atom stereocenters. The lowest BCUT2D eigenvalue weighted by molar-refractivity contribution is -0.0109. The fourth-order valence-electron chi connectivity index (χ4n) is 2.35. The molecule has 2 unspecified atom stereocenters. The summed E-state index contributed by atoms with van der Waals surface area (Å²) in [5.41, 5.74) is 0.486. The maximum atomic E-state index is 14.2. The van der Waals surface area contributed by atoms with Gasteiger partial charge in [0, 0.05) is 18.7 Å². The Morgan fingerprint density at radius 1 is 1.21 bits per heavy atom. The Labute approximate surface area is 115 Å². The Hall–Kier alpha value is -1.13. The summed E-state index contributed by atoms with van der Waals surface area (Å²) in [5.74, 6) is 0.228. The minimum atomic E-state index is -0.287.